The first-order valence-corrected chi connectivity index (χ1v) is 6.62. The Morgan fingerprint density at radius 2 is 1.95 bits per heavy atom. The van der Waals surface area contributed by atoms with E-state index in [-0.39, 0.29) is 5.91 Å². The van der Waals surface area contributed by atoms with Crippen LogP contribution in [0, 0.1) is 17.2 Å². The van der Waals surface area contributed by atoms with E-state index in [1.54, 1.807) is 12.1 Å². The third-order valence-electron chi connectivity index (χ3n) is 2.74. The Bertz CT molecular complexity index is 432. The van der Waals surface area contributed by atoms with E-state index in [0.29, 0.717) is 24.4 Å². The van der Waals surface area contributed by atoms with Crippen LogP contribution in [0.15, 0.2) is 24.3 Å². The lowest BCUT2D eigenvalue weighted by Crippen LogP contribution is -2.27. The molecule has 0 unspecified atom stereocenters. The summed E-state index contributed by atoms with van der Waals surface area (Å²) in [4.78, 5) is 11.5. The first-order chi connectivity index (χ1) is 9.11. The van der Waals surface area contributed by atoms with Crippen LogP contribution in [0.4, 0.5) is 5.69 Å². The second-order valence-electron chi connectivity index (χ2n) is 4.90. The number of anilines is 1. The molecular formula is C15H21N3O. The van der Waals surface area contributed by atoms with E-state index in [2.05, 4.69) is 30.6 Å². The Morgan fingerprint density at radius 3 is 2.53 bits per heavy atom. The van der Waals surface area contributed by atoms with Gasteiger partial charge in [-0.05, 0) is 36.6 Å². The average Bonchev–Trinajstić information content (AvgIpc) is 2.39. The standard InChI is InChI=1S/C15H21N3O/c1-12(2)7-9-18-15(19)8-10-17-14-5-3-13(11-16)4-6-14/h3-6,12,17H,7-10H2,1-2H3,(H,18,19). The maximum atomic E-state index is 11.5. The van der Waals surface area contributed by atoms with E-state index in [0.717, 1.165) is 18.7 Å². The van der Waals surface area contributed by atoms with Crippen molar-refractivity contribution in [1.82, 2.24) is 5.32 Å². The summed E-state index contributed by atoms with van der Waals surface area (Å²) in [5.74, 6) is 0.680. The summed E-state index contributed by atoms with van der Waals surface area (Å²) >= 11 is 0. The molecule has 0 aliphatic heterocycles. The molecule has 0 aliphatic carbocycles. The molecule has 0 atom stereocenters. The van der Waals surface area contributed by atoms with Crippen LogP contribution in [0.25, 0.3) is 0 Å². The number of nitrogens with one attached hydrogen (secondary N) is 2. The number of hydrogen-bond donors (Lipinski definition) is 2. The highest BCUT2D eigenvalue weighted by Gasteiger charge is 2.01. The third kappa shape index (κ3) is 6.46. The van der Waals surface area contributed by atoms with E-state index >= 15 is 0 Å². The van der Waals surface area contributed by atoms with Crippen molar-refractivity contribution in [3.8, 4) is 6.07 Å². The molecule has 2 N–H and O–H groups in total. The number of hydrogen-bond acceptors (Lipinski definition) is 3. The van der Waals surface area contributed by atoms with Crippen LogP contribution < -0.4 is 10.6 Å². The van der Waals surface area contributed by atoms with Gasteiger partial charge in [0.2, 0.25) is 5.91 Å². The average molecular weight is 259 g/mol. The van der Waals surface area contributed by atoms with E-state index in [4.69, 9.17) is 5.26 Å². The fourth-order valence-corrected chi connectivity index (χ4v) is 1.57. The second kappa shape index (κ2) is 8.15. The molecule has 0 saturated heterocycles. The van der Waals surface area contributed by atoms with Gasteiger partial charge in [-0.2, -0.15) is 5.26 Å². The Balaban J connectivity index is 2.19. The summed E-state index contributed by atoms with van der Waals surface area (Å²) in [6.45, 7) is 5.62. The topological polar surface area (TPSA) is 64.9 Å². The van der Waals surface area contributed by atoms with Crippen LogP contribution in [0.2, 0.25) is 0 Å². The molecule has 4 nitrogen and oxygen atoms in total. The van der Waals surface area contributed by atoms with Crippen LogP contribution in [0.1, 0.15) is 32.3 Å². The maximum Gasteiger partial charge on any atom is 0.221 e. The van der Waals surface area contributed by atoms with Crippen LogP contribution in [0.3, 0.4) is 0 Å². The largest absolute Gasteiger partial charge is 0.385 e. The first kappa shape index (κ1) is 15.0. The molecule has 0 bridgehead atoms. The van der Waals surface area contributed by atoms with E-state index in [1.807, 2.05) is 12.1 Å². The number of carbonyl (C=O) groups excluding carboxylic acids is 1. The van der Waals surface area contributed by atoms with E-state index < -0.39 is 0 Å². The predicted molar refractivity (Wildman–Crippen MR) is 76.7 cm³/mol. The smallest absolute Gasteiger partial charge is 0.221 e. The van der Waals surface area contributed by atoms with Gasteiger partial charge in [-0.25, -0.2) is 0 Å². The van der Waals surface area contributed by atoms with Crippen molar-refractivity contribution < 1.29 is 4.79 Å². The van der Waals surface area contributed by atoms with Gasteiger partial charge in [-0.3, -0.25) is 4.79 Å². The number of nitriles is 1. The molecule has 1 amide bonds. The second-order valence-corrected chi connectivity index (χ2v) is 4.90. The van der Waals surface area contributed by atoms with Gasteiger partial charge in [0.15, 0.2) is 0 Å². The van der Waals surface area contributed by atoms with Gasteiger partial charge in [-0.15, -0.1) is 0 Å². The maximum absolute atomic E-state index is 11.5. The first-order valence-electron chi connectivity index (χ1n) is 6.62. The van der Waals surface area contributed by atoms with Crippen LogP contribution in [0.5, 0.6) is 0 Å². The third-order valence-corrected chi connectivity index (χ3v) is 2.74. The highest BCUT2D eigenvalue weighted by molar-refractivity contribution is 5.76. The summed E-state index contributed by atoms with van der Waals surface area (Å²) in [5.41, 5.74) is 1.56. The SMILES string of the molecule is CC(C)CCNC(=O)CCNc1ccc(C#N)cc1. The van der Waals surface area contributed by atoms with E-state index in [9.17, 15) is 4.79 Å². The molecule has 102 valence electrons. The van der Waals surface area contributed by atoms with Crippen molar-refractivity contribution in [3.63, 3.8) is 0 Å². The summed E-state index contributed by atoms with van der Waals surface area (Å²) in [5, 5.41) is 14.7. The minimum Gasteiger partial charge on any atom is -0.385 e. The lowest BCUT2D eigenvalue weighted by molar-refractivity contribution is -0.120. The van der Waals surface area contributed by atoms with Crippen molar-refractivity contribution in [3.05, 3.63) is 29.8 Å². The van der Waals surface area contributed by atoms with Gasteiger partial charge < -0.3 is 10.6 Å². The summed E-state index contributed by atoms with van der Waals surface area (Å²) in [6, 6.07) is 9.26. The van der Waals surface area contributed by atoms with Crippen LogP contribution in [-0.2, 0) is 4.79 Å². The summed E-state index contributed by atoms with van der Waals surface area (Å²) in [7, 11) is 0. The summed E-state index contributed by atoms with van der Waals surface area (Å²) < 4.78 is 0. The fourth-order valence-electron chi connectivity index (χ4n) is 1.57. The molecule has 0 heterocycles. The molecule has 4 heteroatoms. The molecular weight excluding hydrogens is 238 g/mol. The molecule has 0 spiro atoms. The highest BCUT2D eigenvalue weighted by atomic mass is 16.1. The molecule has 0 saturated carbocycles. The van der Waals surface area contributed by atoms with Gasteiger partial charge in [0.05, 0.1) is 11.6 Å². The van der Waals surface area contributed by atoms with Crippen molar-refractivity contribution >= 4 is 11.6 Å². The van der Waals surface area contributed by atoms with Crippen LogP contribution >= 0.6 is 0 Å². The minimum atomic E-state index is 0.0711. The Hall–Kier alpha value is -2.02. The van der Waals surface area contributed by atoms with Gasteiger partial charge >= 0.3 is 0 Å². The van der Waals surface area contributed by atoms with Crippen molar-refractivity contribution in [2.45, 2.75) is 26.7 Å². The highest BCUT2D eigenvalue weighted by Crippen LogP contribution is 2.08. The van der Waals surface area contributed by atoms with Gasteiger partial charge in [0.25, 0.3) is 0 Å². The molecule has 0 aromatic heterocycles. The zero-order chi connectivity index (χ0) is 14.1. The van der Waals surface area contributed by atoms with Crippen molar-refractivity contribution in [2.75, 3.05) is 18.4 Å². The number of nitrogens with zero attached hydrogens (tertiary/aromatic N) is 1. The molecule has 19 heavy (non-hydrogen) atoms. The Labute approximate surface area is 114 Å². The normalized spacial score (nSPS) is 10.0. The van der Waals surface area contributed by atoms with Crippen molar-refractivity contribution in [2.24, 2.45) is 5.92 Å². The Morgan fingerprint density at radius 1 is 1.26 bits per heavy atom. The lowest BCUT2D eigenvalue weighted by atomic mass is 10.1. The van der Waals surface area contributed by atoms with Gasteiger partial charge in [-0.1, -0.05) is 13.8 Å². The molecule has 0 fully saturated rings. The monoisotopic (exact) mass is 259 g/mol. The fraction of sp³-hybridized carbons (Fsp3) is 0.467. The number of carbonyl (C=O) groups is 1. The zero-order valence-electron chi connectivity index (χ0n) is 11.6. The van der Waals surface area contributed by atoms with E-state index in [1.165, 1.54) is 0 Å². The number of amides is 1. The molecule has 1 aromatic carbocycles. The number of rotatable bonds is 7. The molecule has 0 aliphatic rings. The van der Waals surface area contributed by atoms with Gasteiger partial charge in [0, 0.05) is 25.2 Å². The Kier molecular flexibility index (Phi) is 6.45. The zero-order valence-corrected chi connectivity index (χ0v) is 11.6. The predicted octanol–water partition coefficient (Wildman–Crippen LogP) is 2.52. The molecule has 1 rings (SSSR count). The molecule has 0 radical (unpaired) electrons. The summed E-state index contributed by atoms with van der Waals surface area (Å²) in [6.07, 6.45) is 1.47. The quantitative estimate of drug-likeness (QED) is 0.790. The van der Waals surface area contributed by atoms with Crippen LogP contribution in [-0.4, -0.2) is 19.0 Å². The number of benzene rings is 1. The van der Waals surface area contributed by atoms with Crippen molar-refractivity contribution in [1.29, 1.82) is 5.26 Å². The minimum absolute atomic E-state index is 0.0711. The van der Waals surface area contributed by atoms with Gasteiger partial charge in [0.1, 0.15) is 0 Å². The lowest BCUT2D eigenvalue weighted by Gasteiger charge is -2.08. The molecule has 1 aromatic rings.